The summed E-state index contributed by atoms with van der Waals surface area (Å²) in [5.41, 5.74) is 0. The number of rotatable bonds is 4. The Morgan fingerprint density at radius 2 is 2.31 bits per heavy atom. The van der Waals surface area contributed by atoms with E-state index < -0.39 is 0 Å². The zero-order valence-electron chi connectivity index (χ0n) is 7.94. The van der Waals surface area contributed by atoms with Crippen molar-refractivity contribution in [2.45, 2.75) is 38.5 Å². The van der Waals surface area contributed by atoms with Crippen molar-refractivity contribution in [2.24, 2.45) is 0 Å². The highest BCUT2D eigenvalue weighted by Gasteiger charge is 2.11. The molecule has 0 bridgehead atoms. The van der Waals surface area contributed by atoms with Crippen molar-refractivity contribution in [1.82, 2.24) is 0 Å². The number of thiophene rings is 1. The van der Waals surface area contributed by atoms with Crippen LogP contribution in [0.15, 0.2) is 10.5 Å². The van der Waals surface area contributed by atoms with Gasteiger partial charge in [-0.15, -0.1) is 22.9 Å². The largest absolute Gasteiger partial charge is 0.143 e. The Balaban J connectivity index is 2.60. The third-order valence-electron chi connectivity index (χ3n) is 2.00. The highest BCUT2D eigenvalue weighted by atomic mass is 79.9. The molecule has 1 rings (SSSR count). The monoisotopic (exact) mass is 280 g/mol. The first kappa shape index (κ1) is 11.5. The second-order valence-electron chi connectivity index (χ2n) is 3.16. The Hall–Kier alpha value is 0.470. The zero-order chi connectivity index (χ0) is 9.84. The molecule has 0 saturated heterocycles. The van der Waals surface area contributed by atoms with Crippen LogP contribution >= 0.6 is 38.9 Å². The molecule has 3 heteroatoms. The topological polar surface area (TPSA) is 0 Å². The van der Waals surface area contributed by atoms with Crippen LogP contribution in [0.5, 0.6) is 0 Å². The predicted octanol–water partition coefficient (Wildman–Crippen LogP) is 5.29. The summed E-state index contributed by atoms with van der Waals surface area (Å²) < 4.78 is 1.19. The van der Waals surface area contributed by atoms with Crippen LogP contribution in [0, 0.1) is 6.92 Å². The molecule has 0 amide bonds. The summed E-state index contributed by atoms with van der Waals surface area (Å²) in [6.45, 7) is 4.31. The van der Waals surface area contributed by atoms with Gasteiger partial charge in [0.1, 0.15) is 0 Å². The van der Waals surface area contributed by atoms with Crippen molar-refractivity contribution in [3.8, 4) is 0 Å². The van der Waals surface area contributed by atoms with Gasteiger partial charge in [0, 0.05) is 14.2 Å². The first-order valence-corrected chi connectivity index (χ1v) is 6.59. The molecule has 0 nitrogen and oxygen atoms in total. The van der Waals surface area contributed by atoms with E-state index in [4.69, 9.17) is 11.6 Å². The lowest BCUT2D eigenvalue weighted by Gasteiger charge is -2.04. The minimum absolute atomic E-state index is 0.204. The van der Waals surface area contributed by atoms with Gasteiger partial charge in [-0.3, -0.25) is 0 Å². The Bertz CT molecular complexity index is 250. The zero-order valence-corrected chi connectivity index (χ0v) is 11.1. The molecule has 1 atom stereocenters. The molecule has 0 aliphatic heterocycles. The van der Waals surface area contributed by atoms with Gasteiger partial charge in [0.2, 0.25) is 0 Å². The van der Waals surface area contributed by atoms with Crippen LogP contribution in [0.25, 0.3) is 0 Å². The van der Waals surface area contributed by atoms with E-state index in [0.717, 1.165) is 6.42 Å². The molecule has 0 aromatic carbocycles. The molecular formula is C10H14BrClS. The lowest BCUT2D eigenvalue weighted by molar-refractivity contribution is 0.706. The molecule has 13 heavy (non-hydrogen) atoms. The van der Waals surface area contributed by atoms with E-state index >= 15 is 0 Å². The summed E-state index contributed by atoms with van der Waals surface area (Å²) in [5, 5.41) is 0.204. The second-order valence-corrected chi connectivity index (χ2v) is 5.83. The Morgan fingerprint density at radius 1 is 1.62 bits per heavy atom. The van der Waals surface area contributed by atoms with Gasteiger partial charge in [-0.25, -0.2) is 0 Å². The van der Waals surface area contributed by atoms with Crippen molar-refractivity contribution < 1.29 is 0 Å². The van der Waals surface area contributed by atoms with Gasteiger partial charge in [-0.2, -0.15) is 0 Å². The quantitative estimate of drug-likeness (QED) is 0.658. The number of hydrogen-bond acceptors (Lipinski definition) is 1. The van der Waals surface area contributed by atoms with E-state index in [1.807, 2.05) is 0 Å². The van der Waals surface area contributed by atoms with Crippen molar-refractivity contribution in [1.29, 1.82) is 0 Å². The molecule has 0 aliphatic rings. The Kier molecular flexibility index (Phi) is 4.77. The smallest absolute Gasteiger partial charge is 0.0679 e. The Labute approximate surface area is 97.4 Å². The van der Waals surface area contributed by atoms with Crippen molar-refractivity contribution in [3.05, 3.63) is 20.3 Å². The van der Waals surface area contributed by atoms with Gasteiger partial charge < -0.3 is 0 Å². The van der Waals surface area contributed by atoms with Gasteiger partial charge >= 0.3 is 0 Å². The minimum Gasteiger partial charge on any atom is -0.143 e. The molecule has 0 saturated carbocycles. The molecule has 74 valence electrons. The van der Waals surface area contributed by atoms with E-state index in [-0.39, 0.29) is 5.38 Å². The normalized spacial score (nSPS) is 13.2. The molecule has 0 radical (unpaired) electrons. The average molecular weight is 282 g/mol. The van der Waals surface area contributed by atoms with Crippen molar-refractivity contribution in [3.63, 3.8) is 0 Å². The lowest BCUT2D eigenvalue weighted by atomic mass is 10.2. The number of hydrogen-bond donors (Lipinski definition) is 0. The fraction of sp³-hybridized carbons (Fsp3) is 0.600. The maximum absolute atomic E-state index is 6.26. The van der Waals surface area contributed by atoms with Crippen LogP contribution in [-0.4, -0.2) is 0 Å². The molecule has 1 unspecified atom stereocenters. The standard InChI is InChI=1S/C10H14BrClS/c1-3-4-5-9(12)10-6-8(11)7(2)13-10/h6,9H,3-5H2,1-2H3. The number of alkyl halides is 1. The average Bonchev–Trinajstić information content (AvgIpc) is 2.43. The maximum atomic E-state index is 6.26. The second kappa shape index (κ2) is 5.38. The van der Waals surface area contributed by atoms with Crippen molar-refractivity contribution >= 4 is 38.9 Å². The fourth-order valence-corrected chi connectivity index (χ4v) is 3.09. The van der Waals surface area contributed by atoms with Crippen molar-refractivity contribution in [2.75, 3.05) is 0 Å². The first-order valence-electron chi connectivity index (χ1n) is 4.55. The highest BCUT2D eigenvalue weighted by Crippen LogP contribution is 2.35. The number of unbranched alkanes of at least 4 members (excludes halogenated alkanes) is 1. The van der Waals surface area contributed by atoms with Crippen LogP contribution < -0.4 is 0 Å². The molecule has 0 N–H and O–H groups in total. The van der Waals surface area contributed by atoms with E-state index in [2.05, 4.69) is 35.8 Å². The highest BCUT2D eigenvalue weighted by molar-refractivity contribution is 9.10. The molecule has 0 spiro atoms. The van der Waals surface area contributed by atoms with Crippen LogP contribution in [-0.2, 0) is 0 Å². The number of halogens is 2. The van der Waals surface area contributed by atoms with Gasteiger partial charge in [0.25, 0.3) is 0 Å². The summed E-state index contributed by atoms with van der Waals surface area (Å²) in [6.07, 6.45) is 3.52. The van der Waals surface area contributed by atoms with E-state index in [0.29, 0.717) is 0 Å². The predicted molar refractivity (Wildman–Crippen MR) is 64.9 cm³/mol. The summed E-state index contributed by atoms with van der Waals surface area (Å²) in [5.74, 6) is 0. The third kappa shape index (κ3) is 3.26. The van der Waals surface area contributed by atoms with Crippen LogP contribution in [0.3, 0.4) is 0 Å². The molecule has 1 aromatic rings. The lowest BCUT2D eigenvalue weighted by Crippen LogP contribution is -1.85. The first-order chi connectivity index (χ1) is 6.15. The van der Waals surface area contributed by atoms with Crippen LogP contribution in [0.2, 0.25) is 0 Å². The SMILES string of the molecule is CCCCC(Cl)c1cc(Br)c(C)s1. The summed E-state index contributed by atoms with van der Waals surface area (Å²) >= 11 is 11.6. The fourth-order valence-electron chi connectivity index (χ4n) is 1.16. The van der Waals surface area contributed by atoms with Gasteiger partial charge in [0.15, 0.2) is 0 Å². The molecule has 0 aliphatic carbocycles. The van der Waals surface area contributed by atoms with E-state index in [1.54, 1.807) is 11.3 Å². The van der Waals surface area contributed by atoms with E-state index in [1.165, 1.54) is 27.1 Å². The maximum Gasteiger partial charge on any atom is 0.0679 e. The molecule has 0 fully saturated rings. The minimum atomic E-state index is 0.204. The summed E-state index contributed by atoms with van der Waals surface area (Å²) in [4.78, 5) is 2.61. The molecule has 1 heterocycles. The van der Waals surface area contributed by atoms with Crippen LogP contribution in [0.1, 0.15) is 41.3 Å². The Morgan fingerprint density at radius 3 is 2.77 bits per heavy atom. The number of aryl methyl sites for hydroxylation is 1. The van der Waals surface area contributed by atoms with Gasteiger partial charge in [-0.05, 0) is 35.3 Å². The summed E-state index contributed by atoms with van der Waals surface area (Å²) in [6, 6.07) is 2.15. The third-order valence-corrected chi connectivity index (χ3v) is 4.83. The van der Waals surface area contributed by atoms with Gasteiger partial charge in [-0.1, -0.05) is 19.8 Å². The summed E-state index contributed by atoms with van der Waals surface area (Å²) in [7, 11) is 0. The molecule has 1 aromatic heterocycles. The van der Waals surface area contributed by atoms with Gasteiger partial charge in [0.05, 0.1) is 5.38 Å². The van der Waals surface area contributed by atoms with E-state index in [9.17, 15) is 0 Å². The van der Waals surface area contributed by atoms with Crippen LogP contribution in [0.4, 0.5) is 0 Å². The molecular weight excluding hydrogens is 268 g/mol.